The van der Waals surface area contributed by atoms with Crippen molar-refractivity contribution in [3.05, 3.63) is 57.0 Å². The van der Waals surface area contributed by atoms with Crippen molar-refractivity contribution in [2.45, 2.75) is 0 Å². The maximum absolute atomic E-state index is 12.0. The van der Waals surface area contributed by atoms with E-state index in [1.807, 2.05) is 0 Å². The second-order valence-corrected chi connectivity index (χ2v) is 5.40. The molecule has 0 fully saturated rings. The Labute approximate surface area is 121 Å². The summed E-state index contributed by atoms with van der Waals surface area (Å²) >= 11 is 6.66. The van der Waals surface area contributed by atoms with Gasteiger partial charge in [-0.3, -0.25) is 4.79 Å². The van der Waals surface area contributed by atoms with Gasteiger partial charge < -0.3 is 10.4 Å². The summed E-state index contributed by atoms with van der Waals surface area (Å²) in [5.41, 5.74) is 1.08. The quantitative estimate of drug-likeness (QED) is 0.833. The number of phenolic OH excluding ortho intramolecular Hbond substituents is 1. The first-order valence-corrected chi connectivity index (χ1v) is 6.70. The summed E-state index contributed by atoms with van der Waals surface area (Å²) in [5, 5.41) is 12.0. The van der Waals surface area contributed by atoms with E-state index in [0.29, 0.717) is 15.7 Å². The Balaban J connectivity index is 2.22. The molecule has 0 aliphatic heterocycles. The summed E-state index contributed by atoms with van der Waals surface area (Å²) < 4.78 is 1.60. The lowest BCUT2D eigenvalue weighted by Gasteiger charge is -2.07. The van der Waals surface area contributed by atoms with E-state index in [1.165, 1.54) is 6.07 Å². The topological polar surface area (TPSA) is 49.3 Å². The van der Waals surface area contributed by atoms with Gasteiger partial charge in [0.2, 0.25) is 0 Å². The summed E-state index contributed by atoms with van der Waals surface area (Å²) in [6, 6.07) is 11.7. The molecular weight excluding hydrogens is 362 g/mol. The van der Waals surface area contributed by atoms with E-state index >= 15 is 0 Å². The van der Waals surface area contributed by atoms with Crippen molar-refractivity contribution < 1.29 is 9.90 Å². The molecule has 0 heterocycles. The first kappa shape index (κ1) is 13.1. The molecule has 2 N–H and O–H groups in total. The molecule has 0 spiro atoms. The van der Waals surface area contributed by atoms with E-state index in [9.17, 15) is 9.90 Å². The highest BCUT2D eigenvalue weighted by molar-refractivity contribution is 9.11. The molecule has 0 aromatic heterocycles. The van der Waals surface area contributed by atoms with E-state index in [-0.39, 0.29) is 11.7 Å². The van der Waals surface area contributed by atoms with Gasteiger partial charge in [-0.25, -0.2) is 0 Å². The zero-order chi connectivity index (χ0) is 13.1. The molecule has 0 aliphatic carbocycles. The minimum Gasteiger partial charge on any atom is -0.508 e. The fourth-order valence-electron chi connectivity index (χ4n) is 1.46. The summed E-state index contributed by atoms with van der Waals surface area (Å²) in [4.78, 5) is 12.0. The third kappa shape index (κ3) is 3.11. The average Bonchev–Trinajstić information content (AvgIpc) is 2.28. The van der Waals surface area contributed by atoms with Crippen LogP contribution in [0.4, 0.5) is 5.69 Å². The number of phenols is 1. The molecule has 0 bridgehead atoms. The Morgan fingerprint density at radius 3 is 2.56 bits per heavy atom. The molecule has 2 aromatic carbocycles. The molecule has 0 saturated heterocycles. The zero-order valence-corrected chi connectivity index (χ0v) is 12.3. The maximum atomic E-state index is 12.0. The van der Waals surface area contributed by atoms with Gasteiger partial charge in [0, 0.05) is 20.7 Å². The number of benzene rings is 2. The number of nitrogens with one attached hydrogen (secondary N) is 1. The highest BCUT2D eigenvalue weighted by Crippen LogP contribution is 2.23. The molecule has 0 aliphatic rings. The number of hydrogen-bond acceptors (Lipinski definition) is 2. The predicted molar refractivity (Wildman–Crippen MR) is 77.9 cm³/mol. The third-order valence-corrected chi connectivity index (χ3v) is 3.43. The molecule has 0 atom stereocenters. The minimum absolute atomic E-state index is 0.114. The van der Waals surface area contributed by atoms with Crippen molar-refractivity contribution >= 4 is 43.5 Å². The lowest BCUT2D eigenvalue weighted by atomic mass is 10.2. The number of anilines is 1. The van der Waals surface area contributed by atoms with Crippen LogP contribution < -0.4 is 5.32 Å². The second-order valence-electron chi connectivity index (χ2n) is 3.63. The third-order valence-electron chi connectivity index (χ3n) is 2.28. The van der Waals surface area contributed by atoms with Gasteiger partial charge >= 0.3 is 0 Å². The van der Waals surface area contributed by atoms with Crippen molar-refractivity contribution in [1.29, 1.82) is 0 Å². The van der Waals surface area contributed by atoms with Crippen LogP contribution in [0, 0.1) is 0 Å². The van der Waals surface area contributed by atoms with Crippen molar-refractivity contribution in [2.24, 2.45) is 0 Å². The SMILES string of the molecule is O=C(Nc1cccc(O)c1)c1ccc(Br)cc1Br. The van der Waals surface area contributed by atoms with Crippen LogP contribution in [0.3, 0.4) is 0 Å². The fourth-order valence-corrected chi connectivity index (χ4v) is 2.68. The van der Waals surface area contributed by atoms with Gasteiger partial charge in [-0.05, 0) is 46.3 Å². The number of rotatable bonds is 2. The number of hydrogen-bond donors (Lipinski definition) is 2. The predicted octanol–water partition coefficient (Wildman–Crippen LogP) is 4.17. The van der Waals surface area contributed by atoms with Crippen molar-refractivity contribution in [3.63, 3.8) is 0 Å². The standard InChI is InChI=1S/C13H9Br2NO2/c14-8-4-5-11(12(15)6-8)13(18)16-9-2-1-3-10(17)7-9/h1-7,17H,(H,16,18). The molecule has 1 amide bonds. The highest BCUT2D eigenvalue weighted by Gasteiger charge is 2.10. The number of amides is 1. The van der Waals surface area contributed by atoms with Crippen LogP contribution in [-0.4, -0.2) is 11.0 Å². The van der Waals surface area contributed by atoms with E-state index in [1.54, 1.807) is 36.4 Å². The van der Waals surface area contributed by atoms with Crippen LogP contribution in [0.2, 0.25) is 0 Å². The molecule has 2 aromatic rings. The largest absolute Gasteiger partial charge is 0.508 e. The zero-order valence-electron chi connectivity index (χ0n) is 9.15. The number of aromatic hydroxyl groups is 1. The average molecular weight is 371 g/mol. The summed E-state index contributed by atoms with van der Waals surface area (Å²) in [6.07, 6.45) is 0. The van der Waals surface area contributed by atoms with Crippen LogP contribution in [0.1, 0.15) is 10.4 Å². The Kier molecular flexibility index (Phi) is 4.04. The van der Waals surface area contributed by atoms with Crippen LogP contribution in [0.5, 0.6) is 5.75 Å². The van der Waals surface area contributed by atoms with Gasteiger partial charge in [0.05, 0.1) is 5.56 Å². The lowest BCUT2D eigenvalue weighted by Crippen LogP contribution is -2.12. The Morgan fingerprint density at radius 2 is 1.89 bits per heavy atom. The Morgan fingerprint density at radius 1 is 1.11 bits per heavy atom. The van der Waals surface area contributed by atoms with Crippen molar-refractivity contribution in [2.75, 3.05) is 5.32 Å². The van der Waals surface area contributed by atoms with Gasteiger partial charge in [-0.1, -0.05) is 22.0 Å². The second kappa shape index (κ2) is 5.54. The molecule has 3 nitrogen and oxygen atoms in total. The molecule has 5 heteroatoms. The molecule has 2 rings (SSSR count). The van der Waals surface area contributed by atoms with Crippen LogP contribution in [-0.2, 0) is 0 Å². The van der Waals surface area contributed by atoms with Crippen LogP contribution in [0.25, 0.3) is 0 Å². The van der Waals surface area contributed by atoms with E-state index in [4.69, 9.17) is 0 Å². The smallest absolute Gasteiger partial charge is 0.256 e. The normalized spacial score (nSPS) is 10.1. The lowest BCUT2D eigenvalue weighted by molar-refractivity contribution is 0.102. The molecule has 0 saturated carbocycles. The van der Waals surface area contributed by atoms with E-state index < -0.39 is 0 Å². The first-order chi connectivity index (χ1) is 8.56. The fraction of sp³-hybridized carbons (Fsp3) is 0. The molecule has 0 unspecified atom stereocenters. The van der Waals surface area contributed by atoms with Crippen LogP contribution >= 0.6 is 31.9 Å². The van der Waals surface area contributed by atoms with Gasteiger partial charge in [-0.2, -0.15) is 0 Å². The van der Waals surface area contributed by atoms with E-state index in [0.717, 1.165) is 4.47 Å². The van der Waals surface area contributed by atoms with Crippen LogP contribution in [0.15, 0.2) is 51.4 Å². The Hall–Kier alpha value is -1.33. The summed E-state index contributed by atoms with van der Waals surface area (Å²) in [7, 11) is 0. The van der Waals surface area contributed by atoms with Crippen molar-refractivity contribution in [3.8, 4) is 5.75 Å². The minimum atomic E-state index is -0.236. The summed E-state index contributed by atoms with van der Waals surface area (Å²) in [5.74, 6) is -0.123. The first-order valence-electron chi connectivity index (χ1n) is 5.12. The van der Waals surface area contributed by atoms with Crippen molar-refractivity contribution in [1.82, 2.24) is 0 Å². The molecule has 18 heavy (non-hydrogen) atoms. The van der Waals surface area contributed by atoms with Gasteiger partial charge in [0.25, 0.3) is 5.91 Å². The summed E-state index contributed by atoms with van der Waals surface area (Å²) in [6.45, 7) is 0. The van der Waals surface area contributed by atoms with E-state index in [2.05, 4.69) is 37.2 Å². The van der Waals surface area contributed by atoms with Gasteiger partial charge in [0.1, 0.15) is 5.75 Å². The highest BCUT2D eigenvalue weighted by atomic mass is 79.9. The monoisotopic (exact) mass is 369 g/mol. The Bertz CT molecular complexity index is 599. The maximum Gasteiger partial charge on any atom is 0.256 e. The number of halogens is 2. The van der Waals surface area contributed by atoms with Gasteiger partial charge in [-0.15, -0.1) is 0 Å². The van der Waals surface area contributed by atoms with Gasteiger partial charge in [0.15, 0.2) is 0 Å². The molecule has 0 radical (unpaired) electrons. The number of carbonyl (C=O) groups excluding carboxylic acids is 1. The molecular formula is C13H9Br2NO2. The molecule has 92 valence electrons. The number of carbonyl (C=O) groups is 1.